The van der Waals surface area contributed by atoms with E-state index in [1.807, 2.05) is 42.6 Å². The Morgan fingerprint density at radius 2 is 1.97 bits per heavy atom. The largest absolute Gasteiger partial charge is 0.367 e. The van der Waals surface area contributed by atoms with Crippen molar-refractivity contribution in [3.8, 4) is 11.3 Å². The summed E-state index contributed by atoms with van der Waals surface area (Å²) < 4.78 is 11.1. The summed E-state index contributed by atoms with van der Waals surface area (Å²) in [5.41, 5.74) is 4.79. The molecule has 156 valence electrons. The number of hydrogen-bond donors (Lipinski definition) is 1. The zero-order chi connectivity index (χ0) is 21.0. The van der Waals surface area contributed by atoms with Gasteiger partial charge in [0.25, 0.3) is 0 Å². The van der Waals surface area contributed by atoms with E-state index in [0.29, 0.717) is 11.0 Å². The quantitative estimate of drug-likeness (QED) is 0.336. The first-order chi connectivity index (χ1) is 15.3. The molecule has 0 unspecified atom stereocenters. The number of nitrogens with one attached hydrogen (secondary N) is 1. The van der Waals surface area contributed by atoms with Crippen molar-refractivity contribution in [2.75, 3.05) is 28.1 Å². The summed E-state index contributed by atoms with van der Waals surface area (Å²) in [7, 11) is 0. The van der Waals surface area contributed by atoms with Crippen LogP contribution in [0.25, 0.3) is 22.2 Å². The van der Waals surface area contributed by atoms with Crippen LogP contribution in [0.1, 0.15) is 0 Å². The first-order valence-corrected chi connectivity index (χ1v) is 11.9. The summed E-state index contributed by atoms with van der Waals surface area (Å²) in [6.45, 7) is 1.68. The van der Waals surface area contributed by atoms with E-state index in [1.165, 1.54) is 5.69 Å². The number of hydrogen-bond acceptors (Lipinski definition) is 7. The van der Waals surface area contributed by atoms with E-state index in [4.69, 9.17) is 21.3 Å². The smallest absolute Gasteiger partial charge is 0.112 e. The van der Waals surface area contributed by atoms with Crippen molar-refractivity contribution < 1.29 is 4.74 Å². The number of fused-ring (bicyclic) bond motifs is 1. The maximum absolute atomic E-state index is 6.49. The Bertz CT molecular complexity index is 1200. The standard InChI is InChI=1S/C23H19ClN4OS2/c24-21-7-2-17(13-20(21)23-8-1-16-14-25-10-9-22(16)26-23)27-31-19-5-3-18(4-6-19)28-11-12-29-15-30-28/h1-10,13-14,27H,11-12,15H2. The highest BCUT2D eigenvalue weighted by Crippen LogP contribution is 2.33. The van der Waals surface area contributed by atoms with Crippen LogP contribution in [0.5, 0.6) is 0 Å². The van der Waals surface area contributed by atoms with Crippen LogP contribution in [-0.4, -0.2) is 29.1 Å². The van der Waals surface area contributed by atoms with Crippen LogP contribution >= 0.6 is 35.5 Å². The number of nitrogens with zero attached hydrogens (tertiary/aromatic N) is 3. The molecule has 0 bridgehead atoms. The van der Waals surface area contributed by atoms with Crippen molar-refractivity contribution in [2.24, 2.45) is 0 Å². The molecule has 1 saturated heterocycles. The fourth-order valence-corrected chi connectivity index (χ4v) is 4.92. The molecular formula is C23H19ClN4OS2. The minimum atomic E-state index is 0.670. The van der Waals surface area contributed by atoms with E-state index >= 15 is 0 Å². The highest BCUT2D eigenvalue weighted by atomic mass is 35.5. The van der Waals surface area contributed by atoms with Gasteiger partial charge in [-0.15, -0.1) is 0 Å². The Morgan fingerprint density at radius 1 is 1.06 bits per heavy atom. The fraction of sp³-hybridized carbons (Fsp3) is 0.130. The van der Waals surface area contributed by atoms with Crippen LogP contribution in [-0.2, 0) is 4.74 Å². The molecule has 31 heavy (non-hydrogen) atoms. The minimum Gasteiger partial charge on any atom is -0.367 e. The molecule has 0 saturated carbocycles. The molecule has 0 spiro atoms. The second kappa shape index (κ2) is 9.36. The summed E-state index contributed by atoms with van der Waals surface area (Å²) in [5.74, 6) is 0.708. The average Bonchev–Trinajstić information content (AvgIpc) is 2.84. The predicted molar refractivity (Wildman–Crippen MR) is 132 cm³/mol. The SMILES string of the molecule is Clc1ccc(NSc2ccc(N3CCOCS3)cc2)cc1-c1ccc2cnccc2n1. The van der Waals surface area contributed by atoms with Crippen molar-refractivity contribution in [3.63, 3.8) is 0 Å². The van der Waals surface area contributed by atoms with Gasteiger partial charge in [-0.2, -0.15) is 0 Å². The lowest BCUT2D eigenvalue weighted by atomic mass is 10.1. The Labute approximate surface area is 194 Å². The molecule has 2 aromatic heterocycles. The van der Waals surface area contributed by atoms with Gasteiger partial charge in [0.15, 0.2) is 0 Å². The van der Waals surface area contributed by atoms with Crippen molar-refractivity contribution in [2.45, 2.75) is 4.90 Å². The summed E-state index contributed by atoms with van der Waals surface area (Å²) in [4.78, 5) is 10.0. The van der Waals surface area contributed by atoms with Crippen molar-refractivity contribution in [1.82, 2.24) is 9.97 Å². The van der Waals surface area contributed by atoms with E-state index < -0.39 is 0 Å². The second-order valence-electron chi connectivity index (χ2n) is 6.91. The highest BCUT2D eigenvalue weighted by Gasteiger charge is 2.12. The number of rotatable bonds is 5. The molecule has 1 aliphatic heterocycles. The first kappa shape index (κ1) is 20.5. The molecule has 8 heteroatoms. The Balaban J connectivity index is 1.31. The molecule has 0 aliphatic carbocycles. The molecular weight excluding hydrogens is 448 g/mol. The molecule has 0 amide bonds. The van der Waals surface area contributed by atoms with E-state index in [9.17, 15) is 0 Å². The minimum absolute atomic E-state index is 0.670. The number of benzene rings is 2. The molecule has 1 N–H and O–H groups in total. The molecule has 5 rings (SSSR count). The summed E-state index contributed by atoms with van der Waals surface area (Å²) in [5, 5.41) is 1.68. The van der Waals surface area contributed by atoms with Crippen LogP contribution in [0.4, 0.5) is 11.4 Å². The van der Waals surface area contributed by atoms with Gasteiger partial charge in [0.05, 0.1) is 29.4 Å². The first-order valence-electron chi connectivity index (χ1n) is 9.78. The van der Waals surface area contributed by atoms with Crippen LogP contribution < -0.4 is 9.03 Å². The van der Waals surface area contributed by atoms with Gasteiger partial charge in [0, 0.05) is 39.6 Å². The summed E-state index contributed by atoms with van der Waals surface area (Å²) >= 11 is 9.76. The van der Waals surface area contributed by atoms with Gasteiger partial charge in [-0.3, -0.25) is 4.98 Å². The molecule has 0 radical (unpaired) electrons. The molecule has 0 atom stereocenters. The van der Waals surface area contributed by atoms with Crippen LogP contribution in [0, 0.1) is 0 Å². The number of anilines is 2. The van der Waals surface area contributed by atoms with Gasteiger partial charge in [-0.25, -0.2) is 4.98 Å². The third-order valence-electron chi connectivity index (χ3n) is 4.87. The normalized spacial score (nSPS) is 14.0. The Kier molecular flexibility index (Phi) is 6.18. The van der Waals surface area contributed by atoms with Gasteiger partial charge in [-0.05, 0) is 84.6 Å². The van der Waals surface area contributed by atoms with E-state index in [2.05, 4.69) is 38.3 Å². The lowest BCUT2D eigenvalue weighted by Crippen LogP contribution is -2.26. The molecule has 3 heterocycles. The molecule has 2 aromatic carbocycles. The van der Waals surface area contributed by atoms with Crippen LogP contribution in [0.2, 0.25) is 5.02 Å². The van der Waals surface area contributed by atoms with E-state index in [-0.39, 0.29) is 0 Å². The predicted octanol–water partition coefficient (Wildman–Crippen LogP) is 6.51. The summed E-state index contributed by atoms with van der Waals surface area (Å²) in [6.07, 6.45) is 3.56. The number of halogens is 1. The van der Waals surface area contributed by atoms with E-state index in [1.54, 1.807) is 30.1 Å². The number of aromatic nitrogens is 2. The lowest BCUT2D eigenvalue weighted by Gasteiger charge is -2.27. The maximum atomic E-state index is 6.49. The molecule has 1 fully saturated rings. The lowest BCUT2D eigenvalue weighted by molar-refractivity contribution is 0.184. The zero-order valence-electron chi connectivity index (χ0n) is 16.5. The number of pyridine rings is 2. The van der Waals surface area contributed by atoms with Gasteiger partial charge >= 0.3 is 0 Å². The monoisotopic (exact) mass is 466 g/mol. The highest BCUT2D eigenvalue weighted by molar-refractivity contribution is 8.00. The third kappa shape index (κ3) is 4.75. The van der Waals surface area contributed by atoms with Gasteiger partial charge < -0.3 is 13.8 Å². The number of ether oxygens (including phenoxy) is 1. The Morgan fingerprint density at radius 3 is 2.81 bits per heavy atom. The Hall–Kier alpha value is -2.45. The van der Waals surface area contributed by atoms with Crippen LogP contribution in [0.3, 0.4) is 0 Å². The molecule has 4 aromatic rings. The van der Waals surface area contributed by atoms with Crippen LogP contribution in [0.15, 0.2) is 78.0 Å². The molecule has 1 aliphatic rings. The third-order valence-corrected chi connectivity index (χ3v) is 7.03. The summed E-state index contributed by atoms with van der Waals surface area (Å²) in [6, 6.07) is 20.3. The van der Waals surface area contributed by atoms with Gasteiger partial charge in [0.1, 0.15) is 5.94 Å². The fourth-order valence-electron chi connectivity index (χ4n) is 3.27. The van der Waals surface area contributed by atoms with Crippen molar-refractivity contribution in [3.05, 3.63) is 78.1 Å². The zero-order valence-corrected chi connectivity index (χ0v) is 18.9. The topological polar surface area (TPSA) is 50.3 Å². The van der Waals surface area contributed by atoms with Crippen molar-refractivity contribution in [1.29, 1.82) is 0 Å². The second-order valence-corrected chi connectivity index (χ2v) is 9.14. The van der Waals surface area contributed by atoms with Crippen molar-refractivity contribution >= 4 is 57.8 Å². The molecule has 5 nitrogen and oxygen atoms in total. The van der Waals surface area contributed by atoms with Gasteiger partial charge in [0.2, 0.25) is 0 Å². The van der Waals surface area contributed by atoms with Gasteiger partial charge in [-0.1, -0.05) is 11.6 Å². The average molecular weight is 467 g/mol. The maximum Gasteiger partial charge on any atom is 0.112 e. The van der Waals surface area contributed by atoms with E-state index in [0.717, 1.165) is 45.9 Å².